The Labute approximate surface area is 135 Å². The van der Waals surface area contributed by atoms with Crippen LogP contribution in [0.5, 0.6) is 0 Å². The largest absolute Gasteiger partial charge is 0.349 e. The topological polar surface area (TPSA) is 67.8 Å². The third-order valence-corrected chi connectivity index (χ3v) is 3.90. The summed E-state index contributed by atoms with van der Waals surface area (Å²) in [5.41, 5.74) is 0.787. The van der Waals surface area contributed by atoms with E-state index < -0.39 is 11.2 Å². The van der Waals surface area contributed by atoms with Crippen molar-refractivity contribution in [2.75, 3.05) is 0 Å². The van der Waals surface area contributed by atoms with Crippen LogP contribution in [0, 0.1) is 0 Å². The van der Waals surface area contributed by atoms with Gasteiger partial charge in [0, 0.05) is 10.7 Å². The molecule has 112 valence electrons. The lowest BCUT2D eigenvalue weighted by atomic mass is 10.1. The fourth-order valence-electron chi connectivity index (χ4n) is 2.71. The molecule has 0 amide bonds. The molecule has 6 heteroatoms. The zero-order valence-corrected chi connectivity index (χ0v) is 12.5. The molecule has 0 spiro atoms. The fraction of sp³-hybridized carbons (Fsp3) is 0. The third-order valence-electron chi connectivity index (χ3n) is 3.67. The number of halogens is 1. The number of para-hydroxylation sites is 1. The molecule has 0 aromatic heterocycles. The predicted octanol–water partition coefficient (Wildman–Crippen LogP) is 2.83. The van der Waals surface area contributed by atoms with Crippen LogP contribution in [0.4, 0.5) is 0 Å². The van der Waals surface area contributed by atoms with Crippen LogP contribution in [0.25, 0.3) is 28.0 Å². The van der Waals surface area contributed by atoms with Gasteiger partial charge in [0.2, 0.25) is 0 Å². The van der Waals surface area contributed by atoms with E-state index in [1.807, 2.05) is 36.4 Å². The van der Waals surface area contributed by atoms with Crippen molar-refractivity contribution >= 4 is 22.5 Å². The SMILES string of the molecule is O=c1nc2n(-c3cccc(Cl)c3)c3ccccc3cc-2c(=O)[nH]1. The van der Waals surface area contributed by atoms with Crippen LogP contribution in [-0.2, 0) is 0 Å². The Balaban J connectivity index is 2.26. The van der Waals surface area contributed by atoms with E-state index in [0.717, 1.165) is 16.6 Å². The normalized spacial score (nSPS) is 11.2. The first-order valence-electron chi connectivity index (χ1n) is 6.94. The van der Waals surface area contributed by atoms with E-state index >= 15 is 0 Å². The van der Waals surface area contributed by atoms with Crippen LogP contribution in [0.3, 0.4) is 0 Å². The first-order chi connectivity index (χ1) is 11.1. The van der Waals surface area contributed by atoms with E-state index in [1.54, 1.807) is 22.8 Å². The number of H-pyrrole nitrogens is 1. The number of rotatable bonds is 1. The van der Waals surface area contributed by atoms with Crippen molar-refractivity contribution in [1.82, 2.24) is 14.5 Å². The van der Waals surface area contributed by atoms with Crippen LogP contribution in [0.1, 0.15) is 0 Å². The van der Waals surface area contributed by atoms with Crippen molar-refractivity contribution in [3.05, 3.63) is 80.5 Å². The smallest absolute Gasteiger partial charge is 0.294 e. The second kappa shape index (κ2) is 5.07. The van der Waals surface area contributed by atoms with Gasteiger partial charge in [0.15, 0.2) is 5.82 Å². The lowest BCUT2D eigenvalue weighted by Gasteiger charge is -2.17. The van der Waals surface area contributed by atoms with Gasteiger partial charge in [-0.15, -0.1) is 0 Å². The second-order valence-electron chi connectivity index (χ2n) is 5.13. The highest BCUT2D eigenvalue weighted by Crippen LogP contribution is 2.28. The minimum Gasteiger partial charge on any atom is -0.294 e. The molecular weight excluding hydrogens is 314 g/mol. The number of pyridine rings is 1. The molecule has 2 heterocycles. The minimum atomic E-state index is -0.673. The quantitative estimate of drug-likeness (QED) is 0.548. The van der Waals surface area contributed by atoms with E-state index in [2.05, 4.69) is 9.97 Å². The maximum Gasteiger partial charge on any atom is 0.349 e. The highest BCUT2D eigenvalue weighted by Gasteiger charge is 2.17. The average Bonchev–Trinajstić information content (AvgIpc) is 2.53. The lowest BCUT2D eigenvalue weighted by molar-refractivity contribution is 0.960. The molecule has 0 fully saturated rings. The summed E-state index contributed by atoms with van der Waals surface area (Å²) in [5, 5.41) is 1.43. The van der Waals surface area contributed by atoms with Gasteiger partial charge in [-0.25, -0.2) is 4.79 Å². The van der Waals surface area contributed by atoms with E-state index in [-0.39, 0.29) is 0 Å². The van der Waals surface area contributed by atoms with Gasteiger partial charge in [0.05, 0.1) is 11.1 Å². The zero-order chi connectivity index (χ0) is 16.0. The zero-order valence-electron chi connectivity index (χ0n) is 11.8. The Morgan fingerprint density at radius 1 is 1.00 bits per heavy atom. The molecule has 0 unspecified atom stereocenters. The Morgan fingerprint density at radius 2 is 1.83 bits per heavy atom. The number of hydrogen-bond donors (Lipinski definition) is 1. The Bertz CT molecular complexity index is 1130. The highest BCUT2D eigenvalue weighted by molar-refractivity contribution is 6.30. The van der Waals surface area contributed by atoms with Crippen LogP contribution in [-0.4, -0.2) is 14.5 Å². The summed E-state index contributed by atoms with van der Waals surface area (Å²) in [6.45, 7) is 0. The number of aromatic amines is 1. The number of fused-ring (bicyclic) bond motifs is 2. The summed E-state index contributed by atoms with van der Waals surface area (Å²) in [6.07, 6.45) is 0. The maximum atomic E-state index is 12.2. The second-order valence-corrected chi connectivity index (χ2v) is 5.56. The van der Waals surface area contributed by atoms with Crippen LogP contribution in [0.15, 0.2) is 64.2 Å². The summed E-state index contributed by atoms with van der Waals surface area (Å²) in [5.74, 6) is 0.305. The Hall–Kier alpha value is -2.92. The van der Waals surface area contributed by atoms with Crippen molar-refractivity contribution in [2.45, 2.75) is 0 Å². The van der Waals surface area contributed by atoms with Gasteiger partial charge < -0.3 is 0 Å². The molecule has 0 saturated heterocycles. The standard InChI is InChI=1S/C17H10ClN3O2/c18-11-5-3-6-12(9-11)21-14-7-2-1-4-10(14)8-13-15(21)19-17(23)20-16(13)22/h1-9H,(H,20,22,23). The minimum absolute atomic E-state index is 0.305. The van der Waals surface area contributed by atoms with Gasteiger partial charge in [-0.2, -0.15) is 4.98 Å². The maximum absolute atomic E-state index is 12.2. The first-order valence-corrected chi connectivity index (χ1v) is 7.32. The Morgan fingerprint density at radius 3 is 2.65 bits per heavy atom. The number of aromatic nitrogens is 3. The van der Waals surface area contributed by atoms with Crippen LogP contribution < -0.4 is 11.2 Å². The van der Waals surface area contributed by atoms with E-state index in [9.17, 15) is 9.59 Å². The summed E-state index contributed by atoms with van der Waals surface area (Å²) in [4.78, 5) is 30.1. The van der Waals surface area contributed by atoms with Gasteiger partial charge in [0.1, 0.15) is 0 Å². The predicted molar refractivity (Wildman–Crippen MR) is 89.6 cm³/mol. The summed E-state index contributed by atoms with van der Waals surface area (Å²) in [6, 6.07) is 16.5. The fourth-order valence-corrected chi connectivity index (χ4v) is 2.89. The summed E-state index contributed by atoms with van der Waals surface area (Å²) in [7, 11) is 0. The molecule has 2 aromatic rings. The summed E-state index contributed by atoms with van der Waals surface area (Å²) < 4.78 is 1.77. The van der Waals surface area contributed by atoms with Gasteiger partial charge in [-0.05, 0) is 35.7 Å². The van der Waals surface area contributed by atoms with Crippen molar-refractivity contribution in [3.63, 3.8) is 0 Å². The molecule has 5 nitrogen and oxygen atoms in total. The van der Waals surface area contributed by atoms with Gasteiger partial charge in [-0.1, -0.05) is 35.9 Å². The number of nitrogens with zero attached hydrogens (tertiary/aromatic N) is 2. The van der Waals surface area contributed by atoms with Gasteiger partial charge >= 0.3 is 5.69 Å². The number of benzene rings is 2. The molecule has 2 aliphatic rings. The molecule has 0 atom stereocenters. The molecule has 0 radical (unpaired) electrons. The Kier molecular flexibility index (Phi) is 3.02. The molecule has 0 aliphatic carbocycles. The first kappa shape index (κ1) is 13.7. The van der Waals surface area contributed by atoms with Crippen molar-refractivity contribution in [2.24, 2.45) is 0 Å². The van der Waals surface area contributed by atoms with Gasteiger partial charge in [-0.3, -0.25) is 14.3 Å². The summed E-state index contributed by atoms with van der Waals surface area (Å²) >= 11 is 6.10. The van der Waals surface area contributed by atoms with Crippen LogP contribution >= 0.6 is 11.6 Å². The molecule has 4 rings (SSSR count). The van der Waals surface area contributed by atoms with Crippen molar-refractivity contribution < 1.29 is 0 Å². The molecule has 1 N–H and O–H groups in total. The molecular formula is C17H10ClN3O2. The van der Waals surface area contributed by atoms with Crippen LogP contribution in [0.2, 0.25) is 5.02 Å². The molecule has 2 aliphatic heterocycles. The molecule has 0 saturated carbocycles. The highest BCUT2D eigenvalue weighted by atomic mass is 35.5. The lowest BCUT2D eigenvalue weighted by Crippen LogP contribution is -2.27. The molecule has 0 bridgehead atoms. The van der Waals surface area contributed by atoms with E-state index in [0.29, 0.717) is 16.4 Å². The van der Waals surface area contributed by atoms with Crippen molar-refractivity contribution in [1.29, 1.82) is 0 Å². The third kappa shape index (κ3) is 2.22. The van der Waals surface area contributed by atoms with E-state index in [1.165, 1.54) is 0 Å². The van der Waals surface area contributed by atoms with Gasteiger partial charge in [0.25, 0.3) is 5.56 Å². The molecule has 23 heavy (non-hydrogen) atoms. The monoisotopic (exact) mass is 323 g/mol. The number of nitrogens with one attached hydrogen (secondary N) is 1. The number of hydrogen-bond acceptors (Lipinski definition) is 3. The van der Waals surface area contributed by atoms with E-state index in [4.69, 9.17) is 11.6 Å². The molecule has 2 aromatic carbocycles. The average molecular weight is 324 g/mol. The van der Waals surface area contributed by atoms with Crippen molar-refractivity contribution in [3.8, 4) is 17.1 Å².